The van der Waals surface area contributed by atoms with Gasteiger partial charge in [0.25, 0.3) is 11.6 Å². The molecule has 0 saturated carbocycles. The molecular formula is C16H16ClN3O4. The molecule has 0 fully saturated rings. The Morgan fingerprint density at radius 2 is 2.04 bits per heavy atom. The van der Waals surface area contributed by atoms with Crippen LogP contribution in [0.4, 0.5) is 11.4 Å². The maximum absolute atomic E-state index is 11.8. The molecule has 0 heterocycles. The van der Waals surface area contributed by atoms with E-state index in [1.807, 2.05) is 12.1 Å². The second-order valence-electron chi connectivity index (χ2n) is 4.80. The lowest BCUT2D eigenvalue weighted by molar-refractivity contribution is -0.384. The summed E-state index contributed by atoms with van der Waals surface area (Å²) in [6, 6.07) is 11.4. The third-order valence-electron chi connectivity index (χ3n) is 3.19. The van der Waals surface area contributed by atoms with Crippen molar-refractivity contribution in [2.24, 2.45) is 0 Å². The molecule has 126 valence electrons. The van der Waals surface area contributed by atoms with Crippen molar-refractivity contribution in [3.8, 4) is 0 Å². The molecule has 8 heteroatoms. The topological polar surface area (TPSA) is 93.5 Å². The van der Waals surface area contributed by atoms with Crippen molar-refractivity contribution in [2.45, 2.75) is 13.5 Å². The number of rotatable bonds is 7. The van der Waals surface area contributed by atoms with Crippen molar-refractivity contribution in [1.82, 2.24) is 5.48 Å². The Balaban J connectivity index is 2.19. The average Bonchev–Trinajstić information content (AvgIpc) is 2.58. The molecule has 2 rings (SSSR count). The predicted octanol–water partition coefficient (Wildman–Crippen LogP) is 3.54. The number of benzene rings is 2. The van der Waals surface area contributed by atoms with E-state index in [1.54, 1.807) is 19.1 Å². The van der Waals surface area contributed by atoms with E-state index in [2.05, 4.69) is 10.8 Å². The first kappa shape index (κ1) is 17.7. The molecule has 0 aliphatic heterocycles. The molecule has 0 aliphatic carbocycles. The largest absolute Gasteiger partial charge is 0.375 e. The fraction of sp³-hybridized carbons (Fsp3) is 0.188. The van der Waals surface area contributed by atoms with Crippen LogP contribution in [0.25, 0.3) is 0 Å². The molecule has 0 saturated heterocycles. The minimum atomic E-state index is -0.549. The summed E-state index contributed by atoms with van der Waals surface area (Å²) in [5, 5.41) is 14.8. The molecule has 7 nitrogen and oxygen atoms in total. The third kappa shape index (κ3) is 4.43. The summed E-state index contributed by atoms with van der Waals surface area (Å²) < 4.78 is 0. The Labute approximate surface area is 143 Å². The van der Waals surface area contributed by atoms with Gasteiger partial charge in [0, 0.05) is 23.2 Å². The van der Waals surface area contributed by atoms with Crippen LogP contribution in [0.3, 0.4) is 0 Å². The Morgan fingerprint density at radius 1 is 1.29 bits per heavy atom. The summed E-state index contributed by atoms with van der Waals surface area (Å²) in [5.74, 6) is -0.544. The molecule has 2 N–H and O–H groups in total. The van der Waals surface area contributed by atoms with Crippen molar-refractivity contribution < 1.29 is 14.6 Å². The van der Waals surface area contributed by atoms with E-state index in [0.717, 1.165) is 5.56 Å². The lowest BCUT2D eigenvalue weighted by Crippen LogP contribution is -2.23. The van der Waals surface area contributed by atoms with Crippen LogP contribution in [0.2, 0.25) is 5.02 Å². The molecule has 24 heavy (non-hydrogen) atoms. The summed E-state index contributed by atoms with van der Waals surface area (Å²) in [6.07, 6.45) is 0. The van der Waals surface area contributed by atoms with Gasteiger partial charge in [-0.1, -0.05) is 29.8 Å². The van der Waals surface area contributed by atoms with E-state index >= 15 is 0 Å². The zero-order valence-corrected chi connectivity index (χ0v) is 13.7. The molecule has 0 unspecified atom stereocenters. The van der Waals surface area contributed by atoms with Crippen LogP contribution in [0.15, 0.2) is 42.5 Å². The number of nitrogens with one attached hydrogen (secondary N) is 2. The predicted molar refractivity (Wildman–Crippen MR) is 91.0 cm³/mol. The Morgan fingerprint density at radius 3 is 2.71 bits per heavy atom. The number of anilines is 1. The van der Waals surface area contributed by atoms with E-state index in [4.69, 9.17) is 16.4 Å². The first-order valence-electron chi connectivity index (χ1n) is 7.20. The van der Waals surface area contributed by atoms with E-state index in [0.29, 0.717) is 23.9 Å². The molecule has 2 aromatic carbocycles. The van der Waals surface area contributed by atoms with Crippen LogP contribution in [-0.4, -0.2) is 17.4 Å². The number of nitro benzene ring substituents is 1. The maximum atomic E-state index is 11.8. The maximum Gasteiger partial charge on any atom is 0.293 e. The number of nitro groups is 1. The van der Waals surface area contributed by atoms with Crippen molar-refractivity contribution >= 4 is 28.9 Å². The summed E-state index contributed by atoms with van der Waals surface area (Å²) in [7, 11) is 0. The summed E-state index contributed by atoms with van der Waals surface area (Å²) >= 11 is 6.07. The number of halogens is 1. The van der Waals surface area contributed by atoms with Gasteiger partial charge in [0.05, 0.1) is 11.5 Å². The fourth-order valence-corrected chi connectivity index (χ4v) is 2.20. The zero-order chi connectivity index (χ0) is 17.5. The van der Waals surface area contributed by atoms with Crippen molar-refractivity contribution in [3.63, 3.8) is 0 Å². The quantitative estimate of drug-likeness (QED) is 0.589. The minimum Gasteiger partial charge on any atom is -0.375 e. The number of hydrogen-bond acceptors (Lipinski definition) is 5. The van der Waals surface area contributed by atoms with Gasteiger partial charge in [0.1, 0.15) is 5.69 Å². The molecular weight excluding hydrogens is 334 g/mol. The summed E-state index contributed by atoms with van der Waals surface area (Å²) in [6.45, 7) is 2.33. The summed E-state index contributed by atoms with van der Waals surface area (Å²) in [4.78, 5) is 27.3. The van der Waals surface area contributed by atoms with Gasteiger partial charge < -0.3 is 5.32 Å². The van der Waals surface area contributed by atoms with Crippen molar-refractivity contribution in [3.05, 3.63) is 68.7 Å². The molecule has 0 aliphatic rings. The minimum absolute atomic E-state index is 0.137. The van der Waals surface area contributed by atoms with Gasteiger partial charge in [-0.2, -0.15) is 0 Å². The number of amides is 1. The van der Waals surface area contributed by atoms with Crippen molar-refractivity contribution in [2.75, 3.05) is 11.9 Å². The fourth-order valence-electron chi connectivity index (χ4n) is 2.00. The van der Waals surface area contributed by atoms with Gasteiger partial charge in [-0.25, -0.2) is 5.48 Å². The van der Waals surface area contributed by atoms with Gasteiger partial charge in [0.2, 0.25) is 0 Å². The van der Waals surface area contributed by atoms with Crippen LogP contribution >= 0.6 is 11.6 Å². The Bertz CT molecular complexity index is 752. The number of carbonyl (C=O) groups is 1. The second kappa shape index (κ2) is 8.28. The second-order valence-corrected chi connectivity index (χ2v) is 5.21. The smallest absolute Gasteiger partial charge is 0.293 e. The standard InChI is InChI=1S/C16H16ClN3O4/c1-2-24-19-16(21)11-7-8-14(15(9-11)20(22)23)18-10-12-5-3-4-6-13(12)17/h3-9,18H,2,10H2,1H3,(H,19,21). The van der Waals surface area contributed by atoms with Gasteiger partial charge in [-0.05, 0) is 30.7 Å². The van der Waals surface area contributed by atoms with Crippen LogP contribution in [0.1, 0.15) is 22.8 Å². The Kier molecular flexibility index (Phi) is 6.11. The normalized spacial score (nSPS) is 10.2. The SMILES string of the molecule is CCONC(=O)c1ccc(NCc2ccccc2Cl)c([N+](=O)[O-])c1. The Hall–Kier alpha value is -2.64. The van der Waals surface area contributed by atoms with Crippen LogP contribution < -0.4 is 10.8 Å². The zero-order valence-electron chi connectivity index (χ0n) is 12.9. The van der Waals surface area contributed by atoms with Gasteiger partial charge in [-0.3, -0.25) is 19.7 Å². The molecule has 0 aromatic heterocycles. The summed E-state index contributed by atoms with van der Waals surface area (Å²) in [5.41, 5.74) is 3.25. The highest BCUT2D eigenvalue weighted by Crippen LogP contribution is 2.27. The highest BCUT2D eigenvalue weighted by Gasteiger charge is 2.17. The lowest BCUT2D eigenvalue weighted by Gasteiger charge is -2.10. The van der Waals surface area contributed by atoms with E-state index in [-0.39, 0.29) is 11.3 Å². The highest BCUT2D eigenvalue weighted by molar-refractivity contribution is 6.31. The van der Waals surface area contributed by atoms with E-state index in [9.17, 15) is 14.9 Å². The van der Waals surface area contributed by atoms with Gasteiger partial charge in [0.15, 0.2) is 0 Å². The van der Waals surface area contributed by atoms with Crippen LogP contribution in [0.5, 0.6) is 0 Å². The number of nitrogens with zero attached hydrogens (tertiary/aromatic N) is 1. The van der Waals surface area contributed by atoms with E-state index in [1.165, 1.54) is 18.2 Å². The molecule has 0 radical (unpaired) electrons. The van der Waals surface area contributed by atoms with Gasteiger partial charge in [-0.15, -0.1) is 0 Å². The monoisotopic (exact) mass is 349 g/mol. The number of hydrogen-bond donors (Lipinski definition) is 2. The lowest BCUT2D eigenvalue weighted by atomic mass is 10.1. The highest BCUT2D eigenvalue weighted by atomic mass is 35.5. The van der Waals surface area contributed by atoms with Gasteiger partial charge >= 0.3 is 0 Å². The molecule has 0 atom stereocenters. The van der Waals surface area contributed by atoms with Crippen molar-refractivity contribution in [1.29, 1.82) is 0 Å². The first-order chi connectivity index (χ1) is 11.5. The molecule has 1 amide bonds. The average molecular weight is 350 g/mol. The van der Waals surface area contributed by atoms with E-state index < -0.39 is 10.8 Å². The third-order valence-corrected chi connectivity index (χ3v) is 3.56. The molecule has 2 aromatic rings. The van der Waals surface area contributed by atoms with Crippen LogP contribution in [0, 0.1) is 10.1 Å². The number of carbonyl (C=O) groups excluding carboxylic acids is 1. The first-order valence-corrected chi connectivity index (χ1v) is 7.58. The molecule has 0 spiro atoms. The van der Waals surface area contributed by atoms with Crippen LogP contribution in [-0.2, 0) is 11.4 Å². The molecule has 0 bridgehead atoms. The number of hydroxylamine groups is 1.